The third-order valence-electron chi connectivity index (χ3n) is 4.68. The van der Waals surface area contributed by atoms with Gasteiger partial charge in [0.1, 0.15) is 0 Å². The van der Waals surface area contributed by atoms with E-state index in [4.69, 9.17) is 5.14 Å². The van der Waals surface area contributed by atoms with Gasteiger partial charge in [-0.2, -0.15) is 5.26 Å². The van der Waals surface area contributed by atoms with Crippen LogP contribution in [0.15, 0.2) is 59.5 Å². The van der Waals surface area contributed by atoms with Gasteiger partial charge in [0, 0.05) is 17.1 Å². The first kappa shape index (κ1) is 19.6. The Hall–Kier alpha value is -3.14. The molecule has 0 bridgehead atoms. The first-order chi connectivity index (χ1) is 13.2. The highest BCUT2D eigenvalue weighted by Crippen LogP contribution is 2.26. The van der Waals surface area contributed by atoms with Gasteiger partial charge in [-0.25, -0.2) is 13.6 Å². The quantitative estimate of drug-likeness (QED) is 0.679. The standard InChI is InChI=1S/C22H21N3O2S/c1-15-4-6-18(7-5-15)20(14-23)13-19-12-16(2)25(17(19)3)21-8-10-22(11-9-21)28(24,26)27/h4-13H,1-3H3,(H2,24,26,27)/b20-13-. The number of aryl methyl sites for hydroxylation is 2. The van der Waals surface area contributed by atoms with Crippen LogP contribution >= 0.6 is 0 Å². The highest BCUT2D eigenvalue weighted by Gasteiger charge is 2.13. The maximum Gasteiger partial charge on any atom is 0.238 e. The molecule has 0 radical (unpaired) electrons. The Bertz CT molecular complexity index is 1190. The molecule has 0 saturated heterocycles. The summed E-state index contributed by atoms with van der Waals surface area (Å²) in [6.45, 7) is 5.95. The molecule has 0 amide bonds. The van der Waals surface area contributed by atoms with Gasteiger partial charge >= 0.3 is 0 Å². The molecule has 0 aliphatic carbocycles. The zero-order chi connectivity index (χ0) is 20.5. The van der Waals surface area contributed by atoms with E-state index in [2.05, 4.69) is 6.07 Å². The molecule has 0 unspecified atom stereocenters. The van der Waals surface area contributed by atoms with Crippen LogP contribution in [0.3, 0.4) is 0 Å². The van der Waals surface area contributed by atoms with Gasteiger partial charge in [-0.15, -0.1) is 0 Å². The van der Waals surface area contributed by atoms with E-state index < -0.39 is 10.0 Å². The highest BCUT2D eigenvalue weighted by molar-refractivity contribution is 7.89. The van der Waals surface area contributed by atoms with Gasteiger partial charge in [0.25, 0.3) is 0 Å². The smallest absolute Gasteiger partial charge is 0.238 e. The van der Waals surface area contributed by atoms with E-state index >= 15 is 0 Å². The lowest BCUT2D eigenvalue weighted by atomic mass is 10.0. The molecule has 2 aromatic carbocycles. The number of sulfonamides is 1. The van der Waals surface area contributed by atoms with Gasteiger partial charge in [-0.1, -0.05) is 29.8 Å². The van der Waals surface area contributed by atoms with Gasteiger partial charge in [-0.3, -0.25) is 0 Å². The van der Waals surface area contributed by atoms with Crippen molar-refractivity contribution in [2.75, 3.05) is 0 Å². The summed E-state index contributed by atoms with van der Waals surface area (Å²) in [5.41, 5.74) is 6.30. The molecule has 5 nitrogen and oxygen atoms in total. The topological polar surface area (TPSA) is 88.9 Å². The lowest BCUT2D eigenvalue weighted by Gasteiger charge is -2.10. The number of benzene rings is 2. The number of rotatable bonds is 4. The Morgan fingerprint density at radius 1 is 1.04 bits per heavy atom. The highest BCUT2D eigenvalue weighted by atomic mass is 32.2. The van der Waals surface area contributed by atoms with E-state index in [1.165, 1.54) is 12.1 Å². The van der Waals surface area contributed by atoms with Gasteiger partial charge in [0.05, 0.1) is 16.5 Å². The summed E-state index contributed by atoms with van der Waals surface area (Å²) in [6.07, 6.45) is 1.88. The van der Waals surface area contributed by atoms with Gasteiger partial charge in [0.2, 0.25) is 10.0 Å². The van der Waals surface area contributed by atoms with Crippen molar-refractivity contribution in [3.8, 4) is 11.8 Å². The van der Waals surface area contributed by atoms with E-state index in [0.717, 1.165) is 33.8 Å². The summed E-state index contributed by atoms with van der Waals surface area (Å²) < 4.78 is 24.9. The van der Waals surface area contributed by atoms with Crippen molar-refractivity contribution in [3.05, 3.63) is 82.7 Å². The predicted octanol–water partition coefficient (Wildman–Crippen LogP) is 4.11. The summed E-state index contributed by atoms with van der Waals surface area (Å²) in [4.78, 5) is 0.0740. The number of primary sulfonamides is 1. The number of hydrogen-bond donors (Lipinski definition) is 1. The van der Waals surface area contributed by atoms with Crippen LogP contribution in [0.25, 0.3) is 17.3 Å². The summed E-state index contributed by atoms with van der Waals surface area (Å²) in [5.74, 6) is 0. The Balaban J connectivity index is 2.04. The average Bonchev–Trinajstić information content (AvgIpc) is 2.93. The van der Waals surface area contributed by atoms with E-state index in [-0.39, 0.29) is 4.90 Å². The molecule has 2 N–H and O–H groups in total. The molecule has 1 heterocycles. The second-order valence-electron chi connectivity index (χ2n) is 6.74. The van der Waals surface area contributed by atoms with E-state index in [9.17, 15) is 13.7 Å². The molecule has 0 spiro atoms. The number of nitrogens with two attached hydrogens (primary N) is 1. The first-order valence-corrected chi connectivity index (χ1v) is 10.3. The Morgan fingerprint density at radius 2 is 1.64 bits per heavy atom. The van der Waals surface area contributed by atoms with E-state index in [1.807, 2.05) is 61.7 Å². The van der Waals surface area contributed by atoms with Crippen LogP contribution < -0.4 is 5.14 Å². The van der Waals surface area contributed by atoms with Crippen LogP contribution in [0.5, 0.6) is 0 Å². The van der Waals surface area contributed by atoms with Crippen LogP contribution in [0.2, 0.25) is 0 Å². The minimum absolute atomic E-state index is 0.0740. The normalized spacial score (nSPS) is 12.0. The maximum absolute atomic E-state index is 11.5. The van der Waals surface area contributed by atoms with Gasteiger partial charge < -0.3 is 4.57 Å². The molecular formula is C22H21N3O2S. The largest absolute Gasteiger partial charge is 0.318 e. The minimum Gasteiger partial charge on any atom is -0.318 e. The number of allylic oxidation sites excluding steroid dienone is 1. The number of aromatic nitrogens is 1. The lowest BCUT2D eigenvalue weighted by molar-refractivity contribution is 0.598. The molecule has 0 atom stereocenters. The van der Waals surface area contributed by atoms with Crippen molar-refractivity contribution in [3.63, 3.8) is 0 Å². The molecule has 142 valence electrons. The van der Waals surface area contributed by atoms with Gasteiger partial charge in [0.15, 0.2) is 0 Å². The monoisotopic (exact) mass is 391 g/mol. The van der Waals surface area contributed by atoms with Crippen molar-refractivity contribution in [2.24, 2.45) is 5.14 Å². The van der Waals surface area contributed by atoms with Crippen LogP contribution in [0.4, 0.5) is 0 Å². The zero-order valence-corrected chi connectivity index (χ0v) is 16.8. The first-order valence-electron chi connectivity index (χ1n) is 8.72. The van der Waals surface area contributed by atoms with Crippen LogP contribution in [-0.4, -0.2) is 13.0 Å². The molecule has 1 aromatic heterocycles. The molecule has 3 rings (SSSR count). The molecular weight excluding hydrogens is 370 g/mol. The van der Waals surface area contributed by atoms with E-state index in [0.29, 0.717) is 5.57 Å². The van der Waals surface area contributed by atoms with Crippen LogP contribution in [-0.2, 0) is 10.0 Å². The lowest BCUT2D eigenvalue weighted by Crippen LogP contribution is -2.12. The Labute approximate surface area is 165 Å². The van der Waals surface area contributed by atoms with Gasteiger partial charge in [-0.05, 0) is 68.3 Å². The summed E-state index contributed by atoms with van der Waals surface area (Å²) in [5, 5.41) is 14.8. The Kier molecular flexibility index (Phi) is 5.23. The fraction of sp³-hybridized carbons (Fsp3) is 0.136. The zero-order valence-electron chi connectivity index (χ0n) is 16.0. The molecule has 3 aromatic rings. The predicted molar refractivity (Wildman–Crippen MR) is 111 cm³/mol. The molecule has 0 aliphatic rings. The molecule has 0 saturated carbocycles. The van der Waals surface area contributed by atoms with Crippen molar-refractivity contribution < 1.29 is 8.42 Å². The molecule has 28 heavy (non-hydrogen) atoms. The van der Waals surface area contributed by atoms with Crippen molar-refractivity contribution in [1.29, 1.82) is 5.26 Å². The van der Waals surface area contributed by atoms with Crippen LogP contribution in [0, 0.1) is 32.1 Å². The molecule has 0 fully saturated rings. The second kappa shape index (κ2) is 7.47. The number of nitriles is 1. The van der Waals surface area contributed by atoms with Crippen molar-refractivity contribution in [1.82, 2.24) is 4.57 Å². The average molecular weight is 391 g/mol. The Morgan fingerprint density at radius 3 is 2.18 bits per heavy atom. The second-order valence-corrected chi connectivity index (χ2v) is 8.30. The number of nitrogens with zero attached hydrogens (tertiary/aromatic N) is 2. The fourth-order valence-corrected chi connectivity index (χ4v) is 3.70. The fourth-order valence-electron chi connectivity index (χ4n) is 3.18. The summed E-state index contributed by atoms with van der Waals surface area (Å²) in [6, 6.07) is 18.6. The summed E-state index contributed by atoms with van der Waals surface area (Å²) >= 11 is 0. The van der Waals surface area contributed by atoms with Crippen molar-refractivity contribution in [2.45, 2.75) is 25.7 Å². The summed E-state index contributed by atoms with van der Waals surface area (Å²) in [7, 11) is -3.72. The number of hydrogen-bond acceptors (Lipinski definition) is 3. The van der Waals surface area contributed by atoms with E-state index in [1.54, 1.807) is 12.1 Å². The molecule has 6 heteroatoms. The third kappa shape index (κ3) is 3.91. The SMILES string of the molecule is Cc1ccc(/C(C#N)=C\c2cc(C)n(-c3ccc(S(N)(=O)=O)cc3)c2C)cc1. The van der Waals surface area contributed by atoms with Crippen LogP contribution in [0.1, 0.15) is 28.1 Å². The maximum atomic E-state index is 11.5. The third-order valence-corrected chi connectivity index (χ3v) is 5.61. The molecule has 0 aliphatic heterocycles. The van der Waals surface area contributed by atoms with Crippen molar-refractivity contribution >= 4 is 21.7 Å². The minimum atomic E-state index is -3.72.